The number of hydrogen-bond donors (Lipinski definition) is 1. The minimum absolute atomic E-state index is 0.139. The highest BCUT2D eigenvalue weighted by molar-refractivity contribution is 9.10. The van der Waals surface area contributed by atoms with Gasteiger partial charge in [-0.1, -0.05) is 0 Å². The number of nitrogens with one attached hydrogen (secondary N) is 1. The van der Waals surface area contributed by atoms with Crippen LogP contribution in [0.15, 0.2) is 22.7 Å². The van der Waals surface area contributed by atoms with E-state index in [1.807, 2.05) is 32.2 Å². The van der Waals surface area contributed by atoms with E-state index in [0.29, 0.717) is 0 Å². The lowest BCUT2D eigenvalue weighted by Crippen LogP contribution is -2.26. The van der Waals surface area contributed by atoms with Crippen LogP contribution in [0.3, 0.4) is 0 Å². The number of benzene rings is 1. The van der Waals surface area contributed by atoms with Crippen LogP contribution in [0.5, 0.6) is 11.5 Å². The Morgan fingerprint density at radius 3 is 2.73 bits per heavy atom. The fourth-order valence-electron chi connectivity index (χ4n) is 1.25. The number of ether oxygens (including phenoxy) is 2. The predicted octanol–water partition coefficient (Wildman–Crippen LogP) is 2.44. The van der Waals surface area contributed by atoms with Crippen molar-refractivity contribution >= 4 is 15.9 Å². The summed E-state index contributed by atoms with van der Waals surface area (Å²) in [6.45, 7) is 2.84. The van der Waals surface area contributed by atoms with Gasteiger partial charge in [-0.3, -0.25) is 0 Å². The normalized spacial score (nSPS) is 12.3. The number of halogens is 1. The zero-order valence-electron chi connectivity index (χ0n) is 9.21. The SMILES string of the molecule is CNCC(C)Oc1ccc(OC)cc1Br. The maximum absolute atomic E-state index is 5.72. The average Bonchev–Trinajstić information content (AvgIpc) is 2.21. The van der Waals surface area contributed by atoms with Crippen LogP contribution in [0, 0.1) is 0 Å². The Bertz CT molecular complexity index is 317. The van der Waals surface area contributed by atoms with Gasteiger partial charge in [-0.05, 0) is 48.1 Å². The molecule has 0 spiro atoms. The van der Waals surface area contributed by atoms with Crippen molar-refractivity contribution < 1.29 is 9.47 Å². The minimum atomic E-state index is 0.139. The molecule has 0 bridgehead atoms. The van der Waals surface area contributed by atoms with Gasteiger partial charge in [0.1, 0.15) is 17.6 Å². The van der Waals surface area contributed by atoms with Crippen LogP contribution in [-0.4, -0.2) is 26.8 Å². The second kappa shape index (κ2) is 5.98. The molecule has 1 rings (SSSR count). The van der Waals surface area contributed by atoms with Gasteiger partial charge in [-0.25, -0.2) is 0 Å². The summed E-state index contributed by atoms with van der Waals surface area (Å²) in [4.78, 5) is 0. The van der Waals surface area contributed by atoms with Crippen LogP contribution >= 0.6 is 15.9 Å². The van der Waals surface area contributed by atoms with Crippen molar-refractivity contribution in [1.82, 2.24) is 5.32 Å². The number of hydrogen-bond acceptors (Lipinski definition) is 3. The summed E-state index contributed by atoms with van der Waals surface area (Å²) < 4.78 is 11.7. The standard InChI is InChI=1S/C11H16BrNO2/c1-8(7-13-2)15-11-5-4-9(14-3)6-10(11)12/h4-6,8,13H,7H2,1-3H3. The van der Waals surface area contributed by atoms with Crippen LogP contribution < -0.4 is 14.8 Å². The Labute approximate surface area is 98.9 Å². The highest BCUT2D eigenvalue weighted by atomic mass is 79.9. The molecule has 4 heteroatoms. The highest BCUT2D eigenvalue weighted by Gasteiger charge is 2.07. The molecule has 0 aliphatic heterocycles. The van der Waals surface area contributed by atoms with Crippen LogP contribution in [0.25, 0.3) is 0 Å². The molecule has 1 unspecified atom stereocenters. The number of likely N-dealkylation sites (N-methyl/N-ethyl adjacent to an activating group) is 1. The summed E-state index contributed by atoms with van der Waals surface area (Å²) in [5.74, 6) is 1.65. The van der Waals surface area contributed by atoms with Gasteiger partial charge in [0.25, 0.3) is 0 Å². The molecule has 0 fully saturated rings. The van der Waals surface area contributed by atoms with E-state index in [2.05, 4.69) is 21.2 Å². The Hall–Kier alpha value is -0.740. The quantitative estimate of drug-likeness (QED) is 0.894. The monoisotopic (exact) mass is 273 g/mol. The lowest BCUT2D eigenvalue weighted by Gasteiger charge is -2.15. The van der Waals surface area contributed by atoms with E-state index in [1.165, 1.54) is 0 Å². The third-order valence-electron chi connectivity index (χ3n) is 1.96. The van der Waals surface area contributed by atoms with Gasteiger partial charge in [0, 0.05) is 6.54 Å². The van der Waals surface area contributed by atoms with E-state index in [1.54, 1.807) is 7.11 Å². The fraction of sp³-hybridized carbons (Fsp3) is 0.455. The van der Waals surface area contributed by atoms with Crippen molar-refractivity contribution in [3.05, 3.63) is 22.7 Å². The first-order chi connectivity index (χ1) is 7.17. The van der Waals surface area contributed by atoms with Gasteiger partial charge in [0.05, 0.1) is 11.6 Å². The molecule has 0 aromatic heterocycles. The predicted molar refractivity (Wildman–Crippen MR) is 64.7 cm³/mol. The second-order valence-corrected chi connectivity index (χ2v) is 4.14. The maximum atomic E-state index is 5.72. The lowest BCUT2D eigenvalue weighted by atomic mass is 10.3. The summed E-state index contributed by atoms with van der Waals surface area (Å²) in [6.07, 6.45) is 0.139. The summed E-state index contributed by atoms with van der Waals surface area (Å²) >= 11 is 3.44. The molecule has 3 nitrogen and oxygen atoms in total. The summed E-state index contributed by atoms with van der Waals surface area (Å²) in [7, 11) is 3.55. The molecular formula is C11H16BrNO2. The van der Waals surface area contributed by atoms with Gasteiger partial charge in [0.2, 0.25) is 0 Å². The Kier molecular flexibility index (Phi) is 4.91. The molecule has 1 aromatic rings. The molecule has 0 saturated carbocycles. The van der Waals surface area contributed by atoms with Crippen molar-refractivity contribution in [2.45, 2.75) is 13.0 Å². The van der Waals surface area contributed by atoms with Gasteiger partial charge in [-0.15, -0.1) is 0 Å². The molecule has 84 valence electrons. The van der Waals surface area contributed by atoms with Crippen LogP contribution in [-0.2, 0) is 0 Å². The zero-order valence-corrected chi connectivity index (χ0v) is 10.8. The molecule has 1 aromatic carbocycles. The zero-order chi connectivity index (χ0) is 11.3. The Balaban J connectivity index is 2.69. The van der Waals surface area contributed by atoms with Gasteiger partial charge >= 0.3 is 0 Å². The van der Waals surface area contributed by atoms with Gasteiger partial charge in [0.15, 0.2) is 0 Å². The molecular weight excluding hydrogens is 258 g/mol. The molecule has 0 heterocycles. The van der Waals surface area contributed by atoms with Crippen LogP contribution in [0.4, 0.5) is 0 Å². The molecule has 0 aliphatic rings. The molecule has 0 aliphatic carbocycles. The van der Waals surface area contributed by atoms with Crippen molar-refractivity contribution in [3.8, 4) is 11.5 Å². The molecule has 0 amide bonds. The molecule has 1 N–H and O–H groups in total. The third kappa shape index (κ3) is 3.72. The van der Waals surface area contributed by atoms with Crippen molar-refractivity contribution in [3.63, 3.8) is 0 Å². The fourth-order valence-corrected chi connectivity index (χ4v) is 1.70. The molecule has 0 radical (unpaired) electrons. The first-order valence-corrected chi connectivity index (χ1v) is 5.61. The summed E-state index contributed by atoms with van der Waals surface area (Å²) in [5, 5.41) is 3.06. The lowest BCUT2D eigenvalue weighted by molar-refractivity contribution is 0.219. The smallest absolute Gasteiger partial charge is 0.134 e. The van der Waals surface area contributed by atoms with E-state index in [0.717, 1.165) is 22.5 Å². The van der Waals surface area contributed by atoms with Crippen molar-refractivity contribution in [1.29, 1.82) is 0 Å². The highest BCUT2D eigenvalue weighted by Crippen LogP contribution is 2.29. The molecule has 0 saturated heterocycles. The van der Waals surface area contributed by atoms with Gasteiger partial charge in [-0.2, -0.15) is 0 Å². The van der Waals surface area contributed by atoms with E-state index >= 15 is 0 Å². The summed E-state index contributed by atoms with van der Waals surface area (Å²) in [5.41, 5.74) is 0. The van der Waals surface area contributed by atoms with E-state index in [-0.39, 0.29) is 6.10 Å². The number of methoxy groups -OCH3 is 1. The largest absolute Gasteiger partial charge is 0.497 e. The topological polar surface area (TPSA) is 30.5 Å². The second-order valence-electron chi connectivity index (χ2n) is 3.28. The first kappa shape index (κ1) is 12.3. The number of rotatable bonds is 5. The minimum Gasteiger partial charge on any atom is -0.497 e. The van der Waals surface area contributed by atoms with E-state index < -0.39 is 0 Å². The Morgan fingerprint density at radius 1 is 1.47 bits per heavy atom. The van der Waals surface area contributed by atoms with Gasteiger partial charge < -0.3 is 14.8 Å². The maximum Gasteiger partial charge on any atom is 0.134 e. The van der Waals surface area contributed by atoms with E-state index in [9.17, 15) is 0 Å². The van der Waals surface area contributed by atoms with Crippen LogP contribution in [0.1, 0.15) is 6.92 Å². The van der Waals surface area contributed by atoms with Crippen molar-refractivity contribution in [2.24, 2.45) is 0 Å². The third-order valence-corrected chi connectivity index (χ3v) is 2.58. The summed E-state index contributed by atoms with van der Waals surface area (Å²) in [6, 6.07) is 5.67. The Morgan fingerprint density at radius 2 is 2.20 bits per heavy atom. The molecule has 1 atom stereocenters. The van der Waals surface area contributed by atoms with Crippen molar-refractivity contribution in [2.75, 3.05) is 20.7 Å². The van der Waals surface area contributed by atoms with Crippen LogP contribution in [0.2, 0.25) is 0 Å². The van der Waals surface area contributed by atoms with E-state index in [4.69, 9.17) is 9.47 Å². The first-order valence-electron chi connectivity index (χ1n) is 4.82. The molecule has 15 heavy (non-hydrogen) atoms. The average molecular weight is 274 g/mol.